The molecule has 80 valence electrons. The molecule has 15 heavy (non-hydrogen) atoms. The molecule has 0 aliphatic carbocycles. The van der Waals surface area contributed by atoms with Crippen molar-refractivity contribution in [3.05, 3.63) is 27.7 Å². The van der Waals surface area contributed by atoms with Gasteiger partial charge >= 0.3 is 5.97 Å². The number of aromatic carboxylic acids is 1. The number of hydrogen-bond acceptors (Lipinski definition) is 2. The zero-order valence-electron chi connectivity index (χ0n) is 8.50. The number of fused-ring (bicyclic) bond motifs is 1. The van der Waals surface area contributed by atoms with Crippen LogP contribution in [0.25, 0.3) is 0 Å². The third-order valence-electron chi connectivity index (χ3n) is 2.36. The van der Waals surface area contributed by atoms with Gasteiger partial charge in [0.2, 0.25) is 0 Å². The summed E-state index contributed by atoms with van der Waals surface area (Å²) in [6.07, 6.45) is 0.738. The van der Waals surface area contributed by atoms with Crippen LogP contribution in [-0.2, 0) is 6.42 Å². The molecule has 2 rings (SSSR count). The van der Waals surface area contributed by atoms with Gasteiger partial charge in [-0.25, -0.2) is 4.79 Å². The maximum absolute atomic E-state index is 10.9. The minimum atomic E-state index is -0.914. The Hall–Kier alpha value is -1.03. The van der Waals surface area contributed by atoms with Crippen molar-refractivity contribution >= 4 is 21.9 Å². The van der Waals surface area contributed by atoms with Gasteiger partial charge < -0.3 is 9.84 Å². The fourth-order valence-electron chi connectivity index (χ4n) is 1.79. The molecule has 3 nitrogen and oxygen atoms in total. The Bertz CT molecular complexity index is 438. The first kappa shape index (κ1) is 10.5. The van der Waals surface area contributed by atoms with E-state index in [9.17, 15) is 4.79 Å². The molecule has 0 spiro atoms. The summed E-state index contributed by atoms with van der Waals surface area (Å²) in [6.45, 7) is 3.97. The van der Waals surface area contributed by atoms with E-state index in [4.69, 9.17) is 9.84 Å². The highest BCUT2D eigenvalue weighted by molar-refractivity contribution is 9.10. The average Bonchev–Trinajstić information content (AvgIpc) is 2.39. The van der Waals surface area contributed by atoms with Crippen LogP contribution in [0, 0.1) is 0 Å². The first-order valence-electron chi connectivity index (χ1n) is 4.64. The van der Waals surface area contributed by atoms with Crippen molar-refractivity contribution in [3.8, 4) is 5.75 Å². The topological polar surface area (TPSA) is 46.5 Å². The molecule has 1 heterocycles. The Labute approximate surface area is 96.2 Å². The molecule has 0 aromatic heterocycles. The molecule has 0 saturated heterocycles. The second-order valence-electron chi connectivity index (χ2n) is 4.29. The van der Waals surface area contributed by atoms with Crippen molar-refractivity contribution in [1.82, 2.24) is 0 Å². The number of halogens is 1. The second kappa shape index (κ2) is 3.23. The van der Waals surface area contributed by atoms with E-state index in [1.165, 1.54) is 0 Å². The van der Waals surface area contributed by atoms with E-state index >= 15 is 0 Å². The molecule has 1 aromatic rings. The molecule has 0 amide bonds. The van der Waals surface area contributed by atoms with E-state index in [1.807, 2.05) is 13.8 Å². The Morgan fingerprint density at radius 3 is 2.80 bits per heavy atom. The molecule has 4 heteroatoms. The maximum atomic E-state index is 10.9. The molecule has 1 aliphatic rings. The van der Waals surface area contributed by atoms with Crippen LogP contribution in [0.4, 0.5) is 0 Å². The largest absolute Gasteiger partial charge is 0.486 e. The molecule has 1 aromatic carbocycles. The monoisotopic (exact) mass is 270 g/mol. The third-order valence-corrected chi connectivity index (χ3v) is 2.95. The highest BCUT2D eigenvalue weighted by Gasteiger charge is 2.32. The average molecular weight is 271 g/mol. The second-order valence-corrected chi connectivity index (χ2v) is 5.14. The summed E-state index contributed by atoms with van der Waals surface area (Å²) in [5.74, 6) is -0.145. The summed E-state index contributed by atoms with van der Waals surface area (Å²) in [7, 11) is 0. The highest BCUT2D eigenvalue weighted by atomic mass is 79.9. The van der Waals surface area contributed by atoms with Crippen LogP contribution in [0.2, 0.25) is 0 Å². The van der Waals surface area contributed by atoms with E-state index in [0.29, 0.717) is 10.0 Å². The van der Waals surface area contributed by atoms with Gasteiger partial charge in [0.1, 0.15) is 11.4 Å². The molecule has 0 atom stereocenters. The van der Waals surface area contributed by atoms with Gasteiger partial charge in [-0.2, -0.15) is 0 Å². The van der Waals surface area contributed by atoms with Crippen LogP contribution in [0.15, 0.2) is 16.6 Å². The number of carboxylic acids is 1. The molecular weight excluding hydrogens is 260 g/mol. The van der Waals surface area contributed by atoms with Crippen molar-refractivity contribution < 1.29 is 14.6 Å². The van der Waals surface area contributed by atoms with Crippen LogP contribution in [0.3, 0.4) is 0 Å². The van der Waals surface area contributed by atoms with Gasteiger partial charge in [-0.05, 0) is 41.9 Å². The van der Waals surface area contributed by atoms with Gasteiger partial charge in [0.05, 0.1) is 10.0 Å². The number of hydrogen-bond donors (Lipinski definition) is 1. The van der Waals surface area contributed by atoms with Crippen molar-refractivity contribution in [3.63, 3.8) is 0 Å². The lowest BCUT2D eigenvalue weighted by molar-refractivity contribution is 0.0696. The van der Waals surface area contributed by atoms with Gasteiger partial charge in [-0.3, -0.25) is 0 Å². The van der Waals surface area contributed by atoms with Gasteiger partial charge in [0.15, 0.2) is 0 Å². The first-order chi connectivity index (χ1) is 6.89. The zero-order valence-corrected chi connectivity index (χ0v) is 10.1. The normalized spacial score (nSPS) is 17.0. The van der Waals surface area contributed by atoms with E-state index < -0.39 is 5.97 Å². The number of rotatable bonds is 1. The zero-order chi connectivity index (χ0) is 11.2. The summed E-state index contributed by atoms with van der Waals surface area (Å²) in [5, 5.41) is 8.91. The van der Waals surface area contributed by atoms with Crippen LogP contribution in [-0.4, -0.2) is 16.7 Å². The molecular formula is C11H11BrO3. The molecule has 0 unspecified atom stereocenters. The standard InChI is InChI=1S/C11H11BrO3/c1-11(2)5-7-3-6(10(13)14)4-8(12)9(7)15-11/h3-4H,5H2,1-2H3,(H,13,14). The SMILES string of the molecule is CC1(C)Cc2cc(C(=O)O)cc(Br)c2O1. The van der Waals surface area contributed by atoms with Crippen molar-refractivity contribution in [2.75, 3.05) is 0 Å². The molecule has 1 N–H and O–H groups in total. The van der Waals surface area contributed by atoms with E-state index in [1.54, 1.807) is 12.1 Å². The quantitative estimate of drug-likeness (QED) is 0.854. The third kappa shape index (κ3) is 1.86. The van der Waals surface area contributed by atoms with E-state index in [2.05, 4.69) is 15.9 Å². The number of benzene rings is 1. The lowest BCUT2D eigenvalue weighted by atomic mass is 10.0. The van der Waals surface area contributed by atoms with Crippen molar-refractivity contribution in [2.24, 2.45) is 0 Å². The molecule has 0 saturated carbocycles. The van der Waals surface area contributed by atoms with Gasteiger partial charge in [0.25, 0.3) is 0 Å². The Balaban J connectivity index is 2.51. The Morgan fingerprint density at radius 2 is 2.20 bits per heavy atom. The summed E-state index contributed by atoms with van der Waals surface area (Å²) in [6, 6.07) is 3.25. The predicted octanol–water partition coefficient (Wildman–Crippen LogP) is 2.86. The smallest absolute Gasteiger partial charge is 0.335 e. The maximum Gasteiger partial charge on any atom is 0.335 e. The number of carboxylic acid groups (broad SMARTS) is 1. The Morgan fingerprint density at radius 1 is 1.53 bits per heavy atom. The van der Waals surface area contributed by atoms with Crippen molar-refractivity contribution in [2.45, 2.75) is 25.9 Å². The summed E-state index contributed by atoms with van der Waals surface area (Å²) < 4.78 is 6.43. The number of carbonyl (C=O) groups is 1. The fourth-order valence-corrected chi connectivity index (χ4v) is 2.37. The molecule has 0 radical (unpaired) electrons. The van der Waals surface area contributed by atoms with Crippen LogP contribution < -0.4 is 4.74 Å². The van der Waals surface area contributed by atoms with Crippen molar-refractivity contribution in [1.29, 1.82) is 0 Å². The lowest BCUT2D eigenvalue weighted by Crippen LogP contribution is -2.24. The first-order valence-corrected chi connectivity index (χ1v) is 5.43. The minimum absolute atomic E-state index is 0.248. The van der Waals surface area contributed by atoms with Gasteiger partial charge in [0, 0.05) is 12.0 Å². The summed E-state index contributed by atoms with van der Waals surface area (Å²) in [4.78, 5) is 10.9. The molecule has 0 bridgehead atoms. The number of ether oxygens (including phenoxy) is 1. The lowest BCUT2D eigenvalue weighted by Gasteiger charge is -2.17. The minimum Gasteiger partial charge on any atom is -0.486 e. The molecule has 0 fully saturated rings. The fraction of sp³-hybridized carbons (Fsp3) is 0.364. The van der Waals surface area contributed by atoms with E-state index in [-0.39, 0.29) is 5.60 Å². The van der Waals surface area contributed by atoms with E-state index in [0.717, 1.165) is 17.7 Å². The highest BCUT2D eigenvalue weighted by Crippen LogP contribution is 2.41. The van der Waals surface area contributed by atoms with Crippen LogP contribution in [0.1, 0.15) is 29.8 Å². The summed E-state index contributed by atoms with van der Waals surface area (Å²) in [5.41, 5.74) is 0.996. The van der Waals surface area contributed by atoms with Crippen LogP contribution >= 0.6 is 15.9 Å². The van der Waals surface area contributed by atoms with Gasteiger partial charge in [-0.15, -0.1) is 0 Å². The Kier molecular flexibility index (Phi) is 2.26. The predicted molar refractivity (Wildman–Crippen MR) is 59.5 cm³/mol. The van der Waals surface area contributed by atoms with Crippen LogP contribution in [0.5, 0.6) is 5.75 Å². The summed E-state index contributed by atoms with van der Waals surface area (Å²) >= 11 is 3.33. The van der Waals surface area contributed by atoms with Gasteiger partial charge in [-0.1, -0.05) is 0 Å². The molecule has 1 aliphatic heterocycles.